The van der Waals surface area contributed by atoms with Crippen molar-refractivity contribution >= 4 is 34.8 Å². The highest BCUT2D eigenvalue weighted by atomic mass is 35.5. The van der Waals surface area contributed by atoms with E-state index in [9.17, 15) is 9.59 Å². The minimum absolute atomic E-state index is 0.180. The number of aromatic nitrogens is 1. The molecule has 0 amide bonds. The molecule has 6 heteroatoms. The molecule has 0 aliphatic rings. The third-order valence-corrected chi connectivity index (χ3v) is 5.43. The van der Waals surface area contributed by atoms with Crippen LogP contribution in [0.25, 0.3) is 10.9 Å². The van der Waals surface area contributed by atoms with Gasteiger partial charge >= 0.3 is 5.97 Å². The molecule has 0 bridgehead atoms. The summed E-state index contributed by atoms with van der Waals surface area (Å²) < 4.78 is 12.8. The predicted octanol–water partition coefficient (Wildman–Crippen LogP) is 5.27. The molecule has 0 aliphatic carbocycles. The summed E-state index contributed by atoms with van der Waals surface area (Å²) in [5.74, 6) is 0.182. The summed E-state index contributed by atoms with van der Waals surface area (Å²) in [5, 5.41) is 1.56. The van der Waals surface area contributed by atoms with Crippen molar-refractivity contribution in [3.8, 4) is 5.75 Å². The fourth-order valence-corrected chi connectivity index (χ4v) is 3.57. The molecule has 0 unspecified atom stereocenters. The molecular weight excluding hydrogens is 402 g/mol. The quantitative estimate of drug-likeness (QED) is 0.280. The molecule has 0 aliphatic heterocycles. The normalized spacial score (nSPS) is 11.9. The minimum Gasteiger partial charge on any atom is -0.483 e. The van der Waals surface area contributed by atoms with Crippen LogP contribution in [0.2, 0.25) is 5.02 Å². The van der Waals surface area contributed by atoms with Crippen LogP contribution in [-0.2, 0) is 16.1 Å². The number of carbonyl (C=O) groups excluding carboxylic acids is 2. The van der Waals surface area contributed by atoms with Crippen molar-refractivity contribution in [2.75, 3.05) is 6.61 Å². The zero-order valence-electron chi connectivity index (χ0n) is 17.3. The van der Waals surface area contributed by atoms with Crippen molar-refractivity contribution in [1.29, 1.82) is 0 Å². The Balaban J connectivity index is 1.93. The summed E-state index contributed by atoms with van der Waals surface area (Å²) in [6.45, 7) is 10.1. The summed E-state index contributed by atoms with van der Waals surface area (Å²) in [7, 11) is 0. The van der Waals surface area contributed by atoms with Crippen LogP contribution in [0.1, 0.15) is 34.1 Å². The molecule has 1 heterocycles. The first-order valence-electron chi connectivity index (χ1n) is 9.63. The van der Waals surface area contributed by atoms with Crippen LogP contribution < -0.4 is 4.74 Å². The first-order chi connectivity index (χ1) is 14.3. The highest BCUT2D eigenvalue weighted by Crippen LogP contribution is 2.30. The molecule has 0 fully saturated rings. The van der Waals surface area contributed by atoms with Gasteiger partial charge in [-0.05, 0) is 62.2 Å². The predicted molar refractivity (Wildman–Crippen MR) is 119 cm³/mol. The van der Waals surface area contributed by atoms with E-state index in [0.717, 1.165) is 34.0 Å². The van der Waals surface area contributed by atoms with E-state index in [1.54, 1.807) is 25.1 Å². The van der Waals surface area contributed by atoms with Gasteiger partial charge in [-0.2, -0.15) is 0 Å². The zero-order valence-corrected chi connectivity index (χ0v) is 18.0. The SMILES string of the molecule is C=CCOC(=O)c1ccc2c(c1)c(C)c(C)n2Cc1ccc(O[C@H](C)C=O)cc1Cl. The number of aryl methyl sites for hydroxylation is 1. The molecule has 2 aromatic carbocycles. The fourth-order valence-electron chi connectivity index (χ4n) is 3.34. The van der Waals surface area contributed by atoms with Gasteiger partial charge in [-0.1, -0.05) is 30.3 Å². The van der Waals surface area contributed by atoms with Crippen molar-refractivity contribution in [2.24, 2.45) is 0 Å². The van der Waals surface area contributed by atoms with Crippen molar-refractivity contribution in [3.05, 3.63) is 76.5 Å². The average Bonchev–Trinajstić information content (AvgIpc) is 2.98. The van der Waals surface area contributed by atoms with E-state index in [1.807, 2.05) is 38.1 Å². The van der Waals surface area contributed by atoms with Crippen LogP contribution >= 0.6 is 11.6 Å². The van der Waals surface area contributed by atoms with Crippen LogP contribution in [0.3, 0.4) is 0 Å². The Morgan fingerprint density at radius 1 is 1.23 bits per heavy atom. The molecule has 3 rings (SSSR count). The van der Waals surface area contributed by atoms with E-state index in [1.165, 1.54) is 0 Å². The van der Waals surface area contributed by atoms with Gasteiger partial charge in [-0.15, -0.1) is 0 Å². The van der Waals surface area contributed by atoms with Crippen LogP contribution in [0.5, 0.6) is 5.75 Å². The van der Waals surface area contributed by atoms with E-state index < -0.39 is 6.10 Å². The van der Waals surface area contributed by atoms with E-state index in [0.29, 0.717) is 22.9 Å². The lowest BCUT2D eigenvalue weighted by atomic mass is 10.1. The first kappa shape index (κ1) is 21.7. The maximum absolute atomic E-state index is 12.2. The highest BCUT2D eigenvalue weighted by Gasteiger charge is 2.16. The molecule has 1 aromatic heterocycles. The molecule has 156 valence electrons. The molecule has 0 radical (unpaired) electrons. The van der Waals surface area contributed by atoms with Crippen LogP contribution in [0.4, 0.5) is 0 Å². The number of esters is 1. The molecule has 0 saturated carbocycles. The number of carbonyl (C=O) groups is 2. The lowest BCUT2D eigenvalue weighted by Gasteiger charge is -2.13. The Hall–Kier alpha value is -3.05. The van der Waals surface area contributed by atoms with Crippen molar-refractivity contribution in [3.63, 3.8) is 0 Å². The van der Waals surface area contributed by atoms with E-state index in [-0.39, 0.29) is 12.6 Å². The summed E-state index contributed by atoms with van der Waals surface area (Å²) in [5.41, 5.74) is 4.63. The van der Waals surface area contributed by atoms with Gasteiger partial charge in [0.25, 0.3) is 0 Å². The topological polar surface area (TPSA) is 57.5 Å². The zero-order chi connectivity index (χ0) is 21.8. The van der Waals surface area contributed by atoms with E-state index in [2.05, 4.69) is 11.1 Å². The second-order valence-electron chi connectivity index (χ2n) is 7.13. The van der Waals surface area contributed by atoms with Crippen molar-refractivity contribution < 1.29 is 19.1 Å². The van der Waals surface area contributed by atoms with Crippen molar-refractivity contribution in [1.82, 2.24) is 4.57 Å². The first-order valence-corrected chi connectivity index (χ1v) is 10.0. The number of rotatable bonds is 8. The monoisotopic (exact) mass is 425 g/mol. The number of benzene rings is 2. The second-order valence-corrected chi connectivity index (χ2v) is 7.54. The molecule has 30 heavy (non-hydrogen) atoms. The Labute approximate surface area is 180 Å². The Kier molecular flexibility index (Phi) is 6.63. The maximum atomic E-state index is 12.2. The van der Waals surface area contributed by atoms with Crippen LogP contribution in [-0.4, -0.2) is 29.5 Å². The molecule has 3 aromatic rings. The van der Waals surface area contributed by atoms with Gasteiger partial charge in [0.05, 0.1) is 5.56 Å². The van der Waals surface area contributed by atoms with Gasteiger partial charge in [-0.25, -0.2) is 4.79 Å². The van der Waals surface area contributed by atoms with E-state index >= 15 is 0 Å². The Bertz CT molecular complexity index is 1120. The summed E-state index contributed by atoms with van der Waals surface area (Å²) in [6, 6.07) is 11.0. The third kappa shape index (κ3) is 4.41. The molecular formula is C24H24ClNO4. The molecule has 0 saturated heterocycles. The molecule has 5 nitrogen and oxygen atoms in total. The number of hydrogen-bond donors (Lipinski definition) is 0. The van der Waals surface area contributed by atoms with Crippen LogP contribution in [0, 0.1) is 13.8 Å². The summed E-state index contributed by atoms with van der Waals surface area (Å²) in [4.78, 5) is 23.0. The van der Waals surface area contributed by atoms with Gasteiger partial charge in [-0.3, -0.25) is 4.79 Å². The average molecular weight is 426 g/mol. The molecule has 0 spiro atoms. The van der Waals surface area contributed by atoms with E-state index in [4.69, 9.17) is 21.1 Å². The fraction of sp³-hybridized carbons (Fsp3) is 0.250. The van der Waals surface area contributed by atoms with Gasteiger partial charge in [0.15, 0.2) is 12.4 Å². The standard InChI is InChI=1S/C24H24ClNO4/c1-5-10-29-24(28)18-7-9-23-21(11-18)16(3)17(4)26(23)13-19-6-8-20(12-22(19)25)30-15(2)14-27/h5-9,11-12,14-15H,1,10,13H2,2-4H3/t15-/m1/s1. The van der Waals surface area contributed by atoms with Gasteiger partial charge in [0.1, 0.15) is 12.4 Å². The summed E-state index contributed by atoms with van der Waals surface area (Å²) >= 11 is 6.48. The smallest absolute Gasteiger partial charge is 0.338 e. The highest BCUT2D eigenvalue weighted by molar-refractivity contribution is 6.31. The Morgan fingerprint density at radius 2 is 2.00 bits per heavy atom. The minimum atomic E-state index is -0.530. The number of fused-ring (bicyclic) bond motifs is 1. The third-order valence-electron chi connectivity index (χ3n) is 5.07. The Morgan fingerprint density at radius 3 is 2.67 bits per heavy atom. The lowest BCUT2D eigenvalue weighted by molar-refractivity contribution is -0.113. The number of ether oxygens (including phenoxy) is 2. The number of hydrogen-bond acceptors (Lipinski definition) is 4. The lowest BCUT2D eigenvalue weighted by Crippen LogP contribution is -2.12. The summed E-state index contributed by atoms with van der Waals surface area (Å²) in [6.07, 6.45) is 1.75. The number of nitrogens with zero attached hydrogens (tertiary/aromatic N) is 1. The van der Waals surface area contributed by atoms with Crippen molar-refractivity contribution in [2.45, 2.75) is 33.4 Å². The molecule has 0 N–H and O–H groups in total. The number of aldehydes is 1. The number of halogens is 1. The van der Waals surface area contributed by atoms with Gasteiger partial charge in [0.2, 0.25) is 0 Å². The van der Waals surface area contributed by atoms with Crippen LogP contribution in [0.15, 0.2) is 49.1 Å². The maximum Gasteiger partial charge on any atom is 0.338 e. The largest absolute Gasteiger partial charge is 0.483 e. The molecule has 1 atom stereocenters. The second kappa shape index (κ2) is 9.18. The van der Waals surface area contributed by atoms with Gasteiger partial charge < -0.3 is 14.0 Å². The van der Waals surface area contributed by atoms with Gasteiger partial charge in [0, 0.05) is 28.2 Å².